The Balaban J connectivity index is 0. The normalized spacial score (nSPS) is 7.60. The molecule has 0 saturated heterocycles. The van der Waals surface area contributed by atoms with E-state index in [-0.39, 0.29) is 0 Å². The third kappa shape index (κ3) is 11.0. The fourth-order valence-electron chi connectivity index (χ4n) is 0. The summed E-state index contributed by atoms with van der Waals surface area (Å²) in [5.74, 6) is 0. The first-order valence-electron chi connectivity index (χ1n) is 1.17. The van der Waals surface area contributed by atoms with E-state index in [2.05, 4.69) is 11.2 Å². The summed E-state index contributed by atoms with van der Waals surface area (Å²) >= 11 is 0. The molecule has 0 bridgehead atoms. The van der Waals surface area contributed by atoms with Gasteiger partial charge in [0.2, 0.25) is 0 Å². The summed E-state index contributed by atoms with van der Waals surface area (Å²) in [5, 5.41) is 0. The Kier molecular flexibility index (Phi) is 31.1. The maximum absolute atomic E-state index is 3.49. The quantitative estimate of drug-likeness (QED) is 0.457. The summed E-state index contributed by atoms with van der Waals surface area (Å²) in [6, 6.07) is 0. The van der Waals surface area contributed by atoms with Crippen molar-refractivity contribution in [3.8, 4) is 0 Å². The summed E-state index contributed by atoms with van der Waals surface area (Å²) in [6.45, 7) is 1.76. The molecular weight excluding hydrogens is 317 g/mol. The molecule has 0 amide bonds. The molecule has 1 nitrogen and oxygen atoms in total. The van der Waals surface area contributed by atoms with E-state index in [9.17, 15) is 0 Å². The Morgan fingerprint density at radius 1 is 1.60 bits per heavy atom. The predicted octanol–water partition coefficient (Wildman–Crippen LogP) is 0.584. The van der Waals surface area contributed by atoms with Gasteiger partial charge < -0.3 is 11.2 Å². The van der Waals surface area contributed by atoms with Gasteiger partial charge in [-0.3, -0.25) is 0 Å². The zero-order chi connectivity index (χ0) is 3.41. The first-order valence-corrected chi connectivity index (χ1v) is 1.17. The zero-order valence-electron chi connectivity index (χ0n) is 3.65. The van der Waals surface area contributed by atoms with Crippen LogP contribution < -0.4 is 0 Å². The molecule has 0 rings (SSSR count). The maximum atomic E-state index is 3.49. The third-order valence-corrected chi connectivity index (χ3v) is 0.224. The number of rotatable bonds is 0. The molecule has 0 spiro atoms. The van der Waals surface area contributed by atoms with Crippen molar-refractivity contribution < 1.29 is 0 Å². The van der Waals surface area contributed by atoms with Gasteiger partial charge in [0.15, 0.2) is 0 Å². The zero-order valence-corrected chi connectivity index (χ0v) is 10.1. The van der Waals surface area contributed by atoms with Gasteiger partial charge in [0.05, 0.1) is 0 Å². The van der Waals surface area contributed by atoms with Gasteiger partial charge in [-0.05, 0) is 7.05 Å². The smallest absolute Gasteiger partial charge is 0 e. The molecule has 0 aromatic rings. The number of hydrogen-bond acceptors (Lipinski definition) is 1. The molecule has 0 atom stereocenters. The summed E-state index contributed by atoms with van der Waals surface area (Å²) in [4.78, 5) is 3.49. The molecule has 0 aliphatic carbocycles. The summed E-state index contributed by atoms with van der Waals surface area (Å²) in [7, 11) is 1.69. The van der Waals surface area contributed by atoms with Crippen LogP contribution in [0.25, 0.3) is 0 Å². The van der Waals surface area contributed by atoms with Crippen molar-refractivity contribution in [2.45, 2.75) is 6.92 Å². The van der Waals surface area contributed by atoms with Crippen LogP contribution in [0.15, 0.2) is 4.99 Å². The Labute approximate surface area is 26.4 Å². The van der Waals surface area contributed by atoms with Gasteiger partial charge in [-0.15, -0.1) is 0 Å². The van der Waals surface area contributed by atoms with Crippen molar-refractivity contribution in [2.75, 3.05) is 7.05 Å². The standard InChI is InChI=1S/C3H6N.Rf/c1-3-4-2;/h1-2H3;/q-1;. The largest absolute Gasteiger partial charge is 0.506 e. The Morgan fingerprint density at radius 3 is 1.80 bits per heavy atom. The van der Waals surface area contributed by atoms with Crippen molar-refractivity contribution in [1.29, 1.82) is 0 Å². The second kappa shape index (κ2) is 16.6. The van der Waals surface area contributed by atoms with Crippen molar-refractivity contribution >= 4 is 6.21 Å². The second-order valence-corrected chi connectivity index (χ2v) is 0.447. The number of nitrogens with zero attached hydrogens (tertiary/aromatic N) is 1. The van der Waals surface area contributed by atoms with E-state index in [1.165, 1.54) is 0 Å². The molecular formula is C3H6NRf-. The molecule has 0 unspecified atom stereocenters. The van der Waals surface area contributed by atoms with Crippen LogP contribution in [0, 0.1) is 0 Å². The molecule has 0 saturated carbocycles. The second-order valence-electron chi connectivity index (χ2n) is 0.447. The van der Waals surface area contributed by atoms with E-state index in [0.29, 0.717) is 0 Å². The van der Waals surface area contributed by atoms with Gasteiger partial charge in [-0.25, -0.2) is 0 Å². The van der Waals surface area contributed by atoms with Gasteiger partial charge in [0, 0.05) is 0 Å². The monoisotopic (exact) mass is 323 g/mol. The van der Waals surface area contributed by atoms with Crippen molar-refractivity contribution in [3.05, 3.63) is 0 Å². The SMILES string of the molecule is C[C-]=NC.[Rf]. The van der Waals surface area contributed by atoms with E-state index in [1.807, 2.05) is 0 Å². The average molecular weight is 323 g/mol. The van der Waals surface area contributed by atoms with Gasteiger partial charge in [0.25, 0.3) is 0 Å². The van der Waals surface area contributed by atoms with Crippen molar-refractivity contribution in [3.63, 3.8) is 0 Å². The Hall–Kier alpha value is -1.33. The van der Waals surface area contributed by atoms with Crippen LogP contribution in [-0.4, -0.2) is 13.3 Å². The summed E-state index contributed by atoms with van der Waals surface area (Å²) < 4.78 is 0. The number of hydrogen-bond donors (Lipinski definition) is 0. The molecule has 0 aliphatic rings. The van der Waals surface area contributed by atoms with Crippen molar-refractivity contribution in [2.24, 2.45) is 4.99 Å². The molecule has 2 heteroatoms. The van der Waals surface area contributed by atoms with Crippen LogP contribution in [0.2, 0.25) is 0 Å². The molecule has 0 aliphatic heterocycles. The van der Waals surface area contributed by atoms with E-state index in [1.54, 1.807) is 14.0 Å². The van der Waals surface area contributed by atoms with E-state index in [4.69, 9.17) is 0 Å². The fourth-order valence-corrected chi connectivity index (χ4v) is 0. The number of aliphatic imine (C=N–C) groups is 1. The molecule has 0 N–H and O–H groups in total. The Morgan fingerprint density at radius 2 is 1.80 bits per heavy atom. The van der Waals surface area contributed by atoms with Crippen molar-refractivity contribution in [1.82, 2.24) is 0 Å². The first-order chi connectivity index (χ1) is 1.91. The molecule has 0 aromatic carbocycles. The van der Waals surface area contributed by atoms with Gasteiger partial charge >= 0.3 is 0 Å². The van der Waals surface area contributed by atoms with Gasteiger partial charge in [-0.1, -0.05) is 0 Å². The summed E-state index contributed by atoms with van der Waals surface area (Å²) in [5.41, 5.74) is 0. The van der Waals surface area contributed by atoms with E-state index in [0.717, 1.165) is 0 Å². The van der Waals surface area contributed by atoms with Gasteiger partial charge in [-0.2, -0.15) is 6.92 Å². The molecule has 0 radical (unpaired) electrons. The van der Waals surface area contributed by atoms with Crippen LogP contribution in [0.1, 0.15) is 6.92 Å². The van der Waals surface area contributed by atoms with Crippen LogP contribution in [0.4, 0.5) is 0 Å². The average Bonchev–Trinajstić information content (AvgIpc) is 1.37. The fraction of sp³-hybridized carbons (Fsp3) is 0.667. The minimum Gasteiger partial charge on any atom is -0.506 e. The third-order valence-electron chi connectivity index (χ3n) is 0.224. The first kappa shape index (κ1) is 9.38. The minimum atomic E-state index is 0. The van der Waals surface area contributed by atoms with Gasteiger partial charge in [0.1, 0.15) is 0 Å². The van der Waals surface area contributed by atoms with Crippen LogP contribution in [0.3, 0.4) is 0 Å². The maximum Gasteiger partial charge on any atom is 0 e. The van der Waals surface area contributed by atoms with Crippen LogP contribution in [-0.2, 0) is 0 Å². The van der Waals surface area contributed by atoms with Crippen LogP contribution >= 0.6 is 0 Å². The molecule has 0 fully saturated rings. The predicted molar refractivity (Wildman–Crippen MR) is 19.0 cm³/mol. The molecule has 0 aromatic heterocycles. The van der Waals surface area contributed by atoms with Crippen LogP contribution in [0.5, 0.6) is 0 Å². The van der Waals surface area contributed by atoms with E-state index < -0.39 is 0 Å². The van der Waals surface area contributed by atoms with E-state index >= 15 is 0 Å². The summed E-state index contributed by atoms with van der Waals surface area (Å²) in [6.07, 6.45) is 2.56. The Bertz CT molecular complexity index is 22.1. The molecule has 0 heterocycles. The molecule has 5 heavy (non-hydrogen) atoms. The minimum absolute atomic E-state index is 0. The molecule has 26 valence electrons. The topological polar surface area (TPSA) is 12.4 Å².